The molecule has 15 heavy (non-hydrogen) atoms. The Morgan fingerprint density at radius 3 is 2.67 bits per heavy atom. The van der Waals surface area contributed by atoms with Gasteiger partial charge in [-0.3, -0.25) is 0 Å². The van der Waals surface area contributed by atoms with Gasteiger partial charge in [-0.1, -0.05) is 18.2 Å². The third-order valence-corrected chi connectivity index (χ3v) is 3.52. The molecule has 78 valence electrons. The first-order valence-electron chi connectivity index (χ1n) is 5.09. The van der Waals surface area contributed by atoms with Crippen LogP contribution < -0.4 is 4.57 Å². The summed E-state index contributed by atoms with van der Waals surface area (Å²) in [6.07, 6.45) is 4.21. The van der Waals surface area contributed by atoms with E-state index in [1.54, 1.807) is 11.8 Å². The van der Waals surface area contributed by atoms with Crippen molar-refractivity contribution in [3.8, 4) is 0 Å². The molecule has 1 heterocycles. The predicted octanol–water partition coefficient (Wildman–Crippen LogP) is 2.48. The van der Waals surface area contributed by atoms with Crippen LogP contribution in [-0.2, 0) is 13.6 Å². The molecule has 0 amide bonds. The van der Waals surface area contributed by atoms with Crippen LogP contribution in [0, 0.1) is 0 Å². The van der Waals surface area contributed by atoms with E-state index in [1.165, 1.54) is 10.1 Å². The summed E-state index contributed by atoms with van der Waals surface area (Å²) in [5, 5.41) is 1.27. The molecule has 0 aliphatic heterocycles. The number of hydrogen-bond donors (Lipinski definition) is 0. The molecule has 0 radical (unpaired) electrons. The molecule has 0 saturated carbocycles. The first kappa shape index (κ1) is 10.3. The summed E-state index contributed by atoms with van der Waals surface area (Å²) < 4.78 is 4.40. The van der Waals surface area contributed by atoms with Crippen molar-refractivity contribution in [2.75, 3.05) is 0 Å². The normalized spacial score (nSPS) is 10.5. The van der Waals surface area contributed by atoms with Crippen molar-refractivity contribution in [3.63, 3.8) is 0 Å². The van der Waals surface area contributed by atoms with Gasteiger partial charge in [0.2, 0.25) is 0 Å². The number of aromatic nitrogens is 2. The molecule has 0 unspecified atom stereocenters. The lowest BCUT2D eigenvalue weighted by atomic mass is 10.4. The van der Waals surface area contributed by atoms with E-state index in [2.05, 4.69) is 59.8 Å². The van der Waals surface area contributed by atoms with Crippen molar-refractivity contribution in [2.24, 2.45) is 7.05 Å². The van der Waals surface area contributed by atoms with E-state index >= 15 is 0 Å². The Labute approximate surface area is 94.6 Å². The van der Waals surface area contributed by atoms with Gasteiger partial charge in [0.1, 0.15) is 12.4 Å². The van der Waals surface area contributed by atoms with Gasteiger partial charge in [-0.15, -0.1) is 0 Å². The molecule has 0 saturated heterocycles. The van der Waals surface area contributed by atoms with Gasteiger partial charge in [-0.25, -0.2) is 9.13 Å². The SMILES string of the molecule is CCn1cc[n+](C)c1Sc1ccccc1. The summed E-state index contributed by atoms with van der Waals surface area (Å²) in [7, 11) is 2.08. The van der Waals surface area contributed by atoms with Crippen LogP contribution in [0.5, 0.6) is 0 Å². The van der Waals surface area contributed by atoms with Crippen LogP contribution in [0.1, 0.15) is 6.92 Å². The number of nitrogens with zero attached hydrogens (tertiary/aromatic N) is 2. The van der Waals surface area contributed by atoms with Gasteiger partial charge in [0, 0.05) is 4.90 Å². The smallest absolute Gasteiger partial charge is 0.227 e. The lowest BCUT2D eigenvalue weighted by Crippen LogP contribution is -2.28. The van der Waals surface area contributed by atoms with Crippen molar-refractivity contribution >= 4 is 11.8 Å². The third-order valence-electron chi connectivity index (χ3n) is 2.31. The molecular weight excluding hydrogens is 204 g/mol. The summed E-state index contributed by atoms with van der Waals surface area (Å²) in [5.41, 5.74) is 0. The highest BCUT2D eigenvalue weighted by molar-refractivity contribution is 7.99. The number of aryl methyl sites for hydroxylation is 2. The summed E-state index contributed by atoms with van der Waals surface area (Å²) in [4.78, 5) is 1.28. The number of rotatable bonds is 3. The second kappa shape index (κ2) is 4.53. The molecule has 0 bridgehead atoms. The van der Waals surface area contributed by atoms with Gasteiger partial charge in [0.25, 0.3) is 0 Å². The fraction of sp³-hybridized carbons (Fsp3) is 0.250. The zero-order valence-electron chi connectivity index (χ0n) is 9.05. The second-order valence-electron chi connectivity index (χ2n) is 3.39. The molecule has 0 spiro atoms. The van der Waals surface area contributed by atoms with Crippen molar-refractivity contribution < 1.29 is 4.57 Å². The maximum atomic E-state index is 2.25. The monoisotopic (exact) mass is 219 g/mol. The average molecular weight is 219 g/mol. The highest BCUT2D eigenvalue weighted by Crippen LogP contribution is 2.24. The summed E-state index contributed by atoms with van der Waals surface area (Å²) in [6, 6.07) is 10.5. The number of benzene rings is 1. The molecule has 2 rings (SSSR count). The van der Waals surface area contributed by atoms with Crippen molar-refractivity contribution in [1.82, 2.24) is 4.57 Å². The Bertz CT molecular complexity index is 434. The van der Waals surface area contributed by atoms with E-state index in [0.29, 0.717) is 0 Å². The van der Waals surface area contributed by atoms with E-state index in [9.17, 15) is 0 Å². The van der Waals surface area contributed by atoms with Crippen LogP contribution in [0.15, 0.2) is 52.8 Å². The highest BCUT2D eigenvalue weighted by Gasteiger charge is 2.14. The van der Waals surface area contributed by atoms with Gasteiger partial charge in [-0.05, 0) is 30.8 Å². The molecule has 0 fully saturated rings. The van der Waals surface area contributed by atoms with E-state index in [-0.39, 0.29) is 0 Å². The molecule has 1 aromatic heterocycles. The number of hydrogen-bond acceptors (Lipinski definition) is 1. The first-order valence-corrected chi connectivity index (χ1v) is 5.90. The van der Waals surface area contributed by atoms with Crippen LogP contribution >= 0.6 is 11.8 Å². The Hall–Kier alpha value is -1.22. The topological polar surface area (TPSA) is 8.81 Å². The fourth-order valence-corrected chi connectivity index (χ4v) is 2.49. The Kier molecular flexibility index (Phi) is 3.11. The lowest BCUT2D eigenvalue weighted by molar-refractivity contribution is -0.709. The van der Waals surface area contributed by atoms with Crippen LogP contribution in [-0.4, -0.2) is 4.57 Å². The minimum absolute atomic E-state index is 1.01. The molecule has 2 nitrogen and oxygen atoms in total. The van der Waals surface area contributed by atoms with E-state index in [1.807, 2.05) is 6.07 Å². The van der Waals surface area contributed by atoms with Gasteiger partial charge in [0.15, 0.2) is 0 Å². The Morgan fingerprint density at radius 1 is 1.27 bits per heavy atom. The van der Waals surface area contributed by atoms with Gasteiger partial charge in [0.05, 0.1) is 13.6 Å². The largest absolute Gasteiger partial charge is 0.322 e. The molecule has 0 atom stereocenters. The number of imidazole rings is 1. The molecule has 2 aromatic rings. The lowest BCUT2D eigenvalue weighted by Gasteiger charge is -1.99. The van der Waals surface area contributed by atoms with Crippen LogP contribution in [0.3, 0.4) is 0 Å². The molecular formula is C12H15N2S+. The quantitative estimate of drug-likeness (QED) is 0.720. The second-order valence-corrected chi connectivity index (χ2v) is 4.43. The predicted molar refractivity (Wildman–Crippen MR) is 61.8 cm³/mol. The van der Waals surface area contributed by atoms with E-state index in [4.69, 9.17) is 0 Å². The highest BCUT2D eigenvalue weighted by atomic mass is 32.2. The van der Waals surface area contributed by atoms with Crippen molar-refractivity contribution in [2.45, 2.75) is 23.5 Å². The van der Waals surface area contributed by atoms with Crippen molar-refractivity contribution in [3.05, 3.63) is 42.7 Å². The fourth-order valence-electron chi connectivity index (χ4n) is 1.48. The minimum atomic E-state index is 1.01. The Morgan fingerprint density at radius 2 is 2.00 bits per heavy atom. The van der Waals surface area contributed by atoms with Crippen LogP contribution in [0.4, 0.5) is 0 Å². The summed E-state index contributed by atoms with van der Waals surface area (Å²) in [5.74, 6) is 0. The van der Waals surface area contributed by atoms with E-state index < -0.39 is 0 Å². The molecule has 0 aliphatic rings. The summed E-state index contributed by atoms with van der Waals surface area (Å²) in [6.45, 7) is 3.17. The molecule has 0 aliphatic carbocycles. The van der Waals surface area contributed by atoms with Crippen LogP contribution in [0.2, 0.25) is 0 Å². The van der Waals surface area contributed by atoms with Gasteiger partial charge >= 0.3 is 5.16 Å². The third kappa shape index (κ3) is 2.23. The molecule has 1 aromatic carbocycles. The summed E-state index contributed by atoms with van der Waals surface area (Å²) >= 11 is 1.80. The zero-order valence-corrected chi connectivity index (χ0v) is 9.87. The average Bonchev–Trinajstić information content (AvgIpc) is 2.62. The zero-order chi connectivity index (χ0) is 10.7. The van der Waals surface area contributed by atoms with Gasteiger partial charge in [-0.2, -0.15) is 0 Å². The Balaban J connectivity index is 2.27. The maximum absolute atomic E-state index is 2.25. The van der Waals surface area contributed by atoms with E-state index in [0.717, 1.165) is 6.54 Å². The maximum Gasteiger partial charge on any atom is 0.322 e. The first-order chi connectivity index (χ1) is 7.31. The van der Waals surface area contributed by atoms with Crippen molar-refractivity contribution in [1.29, 1.82) is 0 Å². The minimum Gasteiger partial charge on any atom is -0.227 e. The molecule has 0 N–H and O–H groups in total. The van der Waals surface area contributed by atoms with Gasteiger partial charge < -0.3 is 0 Å². The standard InChI is InChI=1S/C12H15N2S/c1-3-14-10-9-13(2)12(14)15-11-7-5-4-6-8-11/h4-10H,3H2,1-2H3/q+1. The molecule has 3 heteroatoms. The van der Waals surface area contributed by atoms with Crippen LogP contribution in [0.25, 0.3) is 0 Å².